The Morgan fingerprint density at radius 3 is 2.77 bits per heavy atom. The molecule has 66 valence electrons. The van der Waals surface area contributed by atoms with Gasteiger partial charge in [-0.2, -0.15) is 5.26 Å². The van der Waals surface area contributed by atoms with Crippen LogP contribution in [-0.2, 0) is 0 Å². The summed E-state index contributed by atoms with van der Waals surface area (Å²) in [6.07, 6.45) is 0.631. The number of nitriles is 1. The van der Waals surface area contributed by atoms with Gasteiger partial charge in [-0.1, -0.05) is 11.6 Å². The number of benzene rings is 1. The Morgan fingerprint density at radius 1 is 1.62 bits per heavy atom. The smallest absolute Gasteiger partial charge is 0.153 e. The molecule has 0 saturated heterocycles. The van der Waals surface area contributed by atoms with Crippen molar-refractivity contribution in [3.05, 3.63) is 28.3 Å². The number of halogens is 1. The van der Waals surface area contributed by atoms with Gasteiger partial charge in [0.05, 0.1) is 18.2 Å². The minimum Gasteiger partial charge on any atom is -0.494 e. The van der Waals surface area contributed by atoms with Crippen LogP contribution in [0.15, 0.2) is 12.1 Å². The first kappa shape index (κ1) is 9.56. The molecule has 1 aromatic rings. The largest absolute Gasteiger partial charge is 0.494 e. The summed E-state index contributed by atoms with van der Waals surface area (Å²) in [5.74, 6) is 0.246. The normalized spacial score (nSPS) is 9.00. The molecular weight excluding hydrogens is 190 g/mol. The molecule has 0 aliphatic rings. The van der Waals surface area contributed by atoms with Gasteiger partial charge < -0.3 is 4.74 Å². The van der Waals surface area contributed by atoms with Crippen LogP contribution >= 0.6 is 11.6 Å². The number of methoxy groups -OCH3 is 1. The number of rotatable bonds is 2. The third-order valence-corrected chi connectivity index (χ3v) is 1.95. The first-order chi connectivity index (χ1) is 6.24. The summed E-state index contributed by atoms with van der Waals surface area (Å²) in [4.78, 5) is 10.5. The zero-order valence-electron chi connectivity index (χ0n) is 6.87. The van der Waals surface area contributed by atoms with E-state index >= 15 is 0 Å². The number of hydrogen-bond acceptors (Lipinski definition) is 3. The fourth-order valence-electron chi connectivity index (χ4n) is 0.958. The summed E-state index contributed by atoms with van der Waals surface area (Å²) >= 11 is 5.79. The van der Waals surface area contributed by atoms with Gasteiger partial charge in [0, 0.05) is 0 Å². The molecule has 13 heavy (non-hydrogen) atoms. The molecule has 0 aliphatic heterocycles. The van der Waals surface area contributed by atoms with Gasteiger partial charge in [0.2, 0.25) is 0 Å². The van der Waals surface area contributed by atoms with E-state index in [1.807, 2.05) is 6.07 Å². The highest BCUT2D eigenvalue weighted by Gasteiger charge is 2.10. The number of ether oxygens (including phenoxy) is 1. The van der Waals surface area contributed by atoms with Crippen molar-refractivity contribution in [3.8, 4) is 11.8 Å². The van der Waals surface area contributed by atoms with Crippen molar-refractivity contribution in [2.75, 3.05) is 7.11 Å². The lowest BCUT2D eigenvalue weighted by atomic mass is 10.1. The lowest BCUT2D eigenvalue weighted by Gasteiger charge is -2.05. The minimum atomic E-state index is 0.176. The van der Waals surface area contributed by atoms with E-state index in [1.165, 1.54) is 19.2 Å². The third-order valence-electron chi connectivity index (χ3n) is 1.58. The topological polar surface area (TPSA) is 50.1 Å². The molecule has 0 aromatic heterocycles. The summed E-state index contributed by atoms with van der Waals surface area (Å²) in [6, 6.07) is 4.87. The van der Waals surface area contributed by atoms with Gasteiger partial charge >= 0.3 is 0 Å². The van der Waals surface area contributed by atoms with Crippen molar-refractivity contribution >= 4 is 17.9 Å². The highest BCUT2D eigenvalue weighted by Crippen LogP contribution is 2.30. The average molecular weight is 196 g/mol. The predicted octanol–water partition coefficient (Wildman–Crippen LogP) is 2.03. The molecule has 0 fully saturated rings. The second-order valence-corrected chi connectivity index (χ2v) is 2.66. The Bertz CT molecular complexity index is 382. The molecule has 3 nitrogen and oxygen atoms in total. The Balaban J connectivity index is 3.42. The molecule has 0 amide bonds. The molecule has 0 atom stereocenters. The average Bonchev–Trinajstić information content (AvgIpc) is 2.17. The van der Waals surface area contributed by atoms with E-state index in [-0.39, 0.29) is 10.8 Å². The Hall–Kier alpha value is -1.53. The highest BCUT2D eigenvalue weighted by atomic mass is 35.5. The van der Waals surface area contributed by atoms with E-state index in [1.54, 1.807) is 0 Å². The van der Waals surface area contributed by atoms with E-state index < -0.39 is 0 Å². The Morgan fingerprint density at radius 2 is 2.31 bits per heavy atom. The van der Waals surface area contributed by atoms with Crippen LogP contribution in [0.2, 0.25) is 5.02 Å². The highest BCUT2D eigenvalue weighted by molar-refractivity contribution is 6.33. The van der Waals surface area contributed by atoms with E-state index in [0.29, 0.717) is 17.4 Å². The van der Waals surface area contributed by atoms with Crippen molar-refractivity contribution < 1.29 is 9.53 Å². The SMILES string of the molecule is COc1c(C=O)ccc(C#N)c1Cl. The van der Waals surface area contributed by atoms with Crippen LogP contribution in [-0.4, -0.2) is 13.4 Å². The van der Waals surface area contributed by atoms with Crippen molar-refractivity contribution in [1.29, 1.82) is 5.26 Å². The fourth-order valence-corrected chi connectivity index (χ4v) is 1.25. The van der Waals surface area contributed by atoms with Crippen LogP contribution < -0.4 is 4.74 Å². The molecule has 0 bridgehead atoms. The summed E-state index contributed by atoms with van der Waals surface area (Å²) in [6.45, 7) is 0. The van der Waals surface area contributed by atoms with E-state index in [9.17, 15) is 4.79 Å². The van der Waals surface area contributed by atoms with Crippen LogP contribution in [0.25, 0.3) is 0 Å². The molecule has 0 N–H and O–H groups in total. The summed E-state index contributed by atoms with van der Waals surface area (Å²) in [7, 11) is 1.40. The van der Waals surface area contributed by atoms with Gasteiger partial charge in [-0.25, -0.2) is 0 Å². The third kappa shape index (κ3) is 1.63. The van der Waals surface area contributed by atoms with Crippen molar-refractivity contribution in [1.82, 2.24) is 0 Å². The maximum Gasteiger partial charge on any atom is 0.153 e. The number of aldehydes is 1. The van der Waals surface area contributed by atoms with Crippen LogP contribution in [0.3, 0.4) is 0 Å². The first-order valence-corrected chi connectivity index (χ1v) is 3.84. The molecule has 0 unspecified atom stereocenters. The molecule has 0 spiro atoms. The minimum absolute atomic E-state index is 0.176. The lowest BCUT2D eigenvalue weighted by molar-refractivity contribution is 0.112. The van der Waals surface area contributed by atoms with E-state index in [2.05, 4.69) is 0 Å². The van der Waals surface area contributed by atoms with Crippen molar-refractivity contribution in [2.45, 2.75) is 0 Å². The second kappa shape index (κ2) is 3.92. The van der Waals surface area contributed by atoms with Crippen molar-refractivity contribution in [2.24, 2.45) is 0 Å². The maximum absolute atomic E-state index is 10.5. The predicted molar refractivity (Wildman–Crippen MR) is 48.1 cm³/mol. The number of carbonyl (C=O) groups is 1. The molecule has 0 aliphatic carbocycles. The fraction of sp³-hybridized carbons (Fsp3) is 0.111. The Kier molecular flexibility index (Phi) is 2.88. The van der Waals surface area contributed by atoms with Crippen LogP contribution in [0.4, 0.5) is 0 Å². The molecule has 1 aromatic carbocycles. The summed E-state index contributed by atoms with van der Waals surface area (Å²) < 4.78 is 4.90. The monoisotopic (exact) mass is 195 g/mol. The zero-order chi connectivity index (χ0) is 9.84. The number of hydrogen-bond donors (Lipinski definition) is 0. The second-order valence-electron chi connectivity index (χ2n) is 2.28. The summed E-state index contributed by atoms with van der Waals surface area (Å²) in [5.41, 5.74) is 0.635. The van der Waals surface area contributed by atoms with E-state index in [4.69, 9.17) is 21.6 Å². The van der Waals surface area contributed by atoms with Gasteiger partial charge in [0.1, 0.15) is 16.8 Å². The lowest BCUT2D eigenvalue weighted by Crippen LogP contribution is -1.93. The van der Waals surface area contributed by atoms with Gasteiger partial charge in [-0.15, -0.1) is 0 Å². The van der Waals surface area contributed by atoms with E-state index in [0.717, 1.165) is 0 Å². The van der Waals surface area contributed by atoms with Crippen LogP contribution in [0.1, 0.15) is 15.9 Å². The van der Waals surface area contributed by atoms with Gasteiger partial charge in [-0.3, -0.25) is 4.79 Å². The molecule has 0 radical (unpaired) electrons. The molecular formula is C9H6ClNO2. The van der Waals surface area contributed by atoms with Gasteiger partial charge in [0.25, 0.3) is 0 Å². The molecule has 1 rings (SSSR count). The quantitative estimate of drug-likeness (QED) is 0.679. The number of nitrogens with zero attached hydrogens (tertiary/aromatic N) is 1. The van der Waals surface area contributed by atoms with Gasteiger partial charge in [-0.05, 0) is 12.1 Å². The Labute approximate surface area is 80.5 Å². The molecule has 0 saturated carbocycles. The molecule has 4 heteroatoms. The maximum atomic E-state index is 10.5. The molecule has 0 heterocycles. The standard InChI is InChI=1S/C9H6ClNO2/c1-13-9-7(5-12)3-2-6(4-11)8(9)10/h2-3,5H,1H3. The summed E-state index contributed by atoms with van der Waals surface area (Å²) in [5, 5.41) is 8.80. The zero-order valence-corrected chi connectivity index (χ0v) is 7.63. The number of carbonyl (C=O) groups excluding carboxylic acids is 1. The van der Waals surface area contributed by atoms with Gasteiger partial charge in [0.15, 0.2) is 6.29 Å². The van der Waals surface area contributed by atoms with Crippen molar-refractivity contribution in [3.63, 3.8) is 0 Å². The van der Waals surface area contributed by atoms with Crippen LogP contribution in [0, 0.1) is 11.3 Å². The van der Waals surface area contributed by atoms with Crippen LogP contribution in [0.5, 0.6) is 5.75 Å². The first-order valence-electron chi connectivity index (χ1n) is 3.46.